The van der Waals surface area contributed by atoms with Crippen LogP contribution >= 0.6 is 0 Å². The first-order chi connectivity index (χ1) is 8.70. The summed E-state index contributed by atoms with van der Waals surface area (Å²) in [6.45, 7) is 7.54. The van der Waals surface area contributed by atoms with Crippen LogP contribution in [0.5, 0.6) is 0 Å². The molecular weight excluding hydrogens is 226 g/mol. The van der Waals surface area contributed by atoms with E-state index in [4.69, 9.17) is 4.74 Å². The van der Waals surface area contributed by atoms with Crippen molar-refractivity contribution in [2.24, 2.45) is 5.92 Å². The zero-order valence-corrected chi connectivity index (χ0v) is 11.4. The summed E-state index contributed by atoms with van der Waals surface area (Å²) < 4.78 is 5.66. The molecule has 1 heterocycles. The molecule has 2 rings (SSSR count). The van der Waals surface area contributed by atoms with E-state index in [0.717, 1.165) is 44.8 Å². The molecule has 0 N–H and O–H groups in total. The zero-order valence-electron chi connectivity index (χ0n) is 11.4. The Bertz CT molecular complexity index is 289. The predicted octanol–water partition coefficient (Wildman–Crippen LogP) is 2.76. The van der Waals surface area contributed by atoms with Crippen molar-refractivity contribution in [1.82, 2.24) is 4.90 Å². The quantitative estimate of drug-likeness (QED) is 0.719. The Hall–Kier alpha value is -0.830. The van der Waals surface area contributed by atoms with E-state index in [0.29, 0.717) is 6.04 Å². The summed E-state index contributed by atoms with van der Waals surface area (Å²) in [5.74, 6) is 0.884. The van der Waals surface area contributed by atoms with Crippen LogP contribution in [0.1, 0.15) is 45.4 Å². The molecule has 0 aromatic carbocycles. The number of carbonyl (C=O) groups is 1. The molecule has 3 heteroatoms. The molecule has 1 atom stereocenters. The SMILES string of the molecule is C=CC(=O)N(C[C@H]1CCCO1)C1CCC(C)CC1. The van der Waals surface area contributed by atoms with Crippen LogP contribution < -0.4 is 0 Å². The lowest BCUT2D eigenvalue weighted by Crippen LogP contribution is -2.45. The number of carbonyl (C=O) groups excluding carboxylic acids is 1. The van der Waals surface area contributed by atoms with Crippen LogP contribution in [0, 0.1) is 5.92 Å². The van der Waals surface area contributed by atoms with E-state index in [2.05, 4.69) is 13.5 Å². The minimum Gasteiger partial charge on any atom is -0.376 e. The van der Waals surface area contributed by atoms with Gasteiger partial charge in [-0.2, -0.15) is 0 Å². The van der Waals surface area contributed by atoms with Crippen molar-refractivity contribution in [3.63, 3.8) is 0 Å². The lowest BCUT2D eigenvalue weighted by atomic mass is 9.86. The van der Waals surface area contributed by atoms with Crippen molar-refractivity contribution >= 4 is 5.91 Å². The number of rotatable bonds is 4. The summed E-state index contributed by atoms with van der Waals surface area (Å²) in [7, 11) is 0. The topological polar surface area (TPSA) is 29.5 Å². The first kappa shape index (κ1) is 13.6. The van der Waals surface area contributed by atoms with E-state index in [9.17, 15) is 4.79 Å². The van der Waals surface area contributed by atoms with Gasteiger partial charge in [0.15, 0.2) is 0 Å². The summed E-state index contributed by atoms with van der Waals surface area (Å²) in [5, 5.41) is 0. The van der Waals surface area contributed by atoms with E-state index in [1.165, 1.54) is 18.9 Å². The van der Waals surface area contributed by atoms with Gasteiger partial charge in [0.25, 0.3) is 0 Å². The maximum absolute atomic E-state index is 12.0. The molecule has 3 nitrogen and oxygen atoms in total. The van der Waals surface area contributed by atoms with Gasteiger partial charge < -0.3 is 9.64 Å². The normalized spacial score (nSPS) is 32.2. The van der Waals surface area contributed by atoms with Gasteiger partial charge in [-0.1, -0.05) is 13.5 Å². The van der Waals surface area contributed by atoms with Crippen LogP contribution in [-0.4, -0.2) is 36.1 Å². The number of hydrogen-bond donors (Lipinski definition) is 0. The van der Waals surface area contributed by atoms with Crippen LogP contribution in [-0.2, 0) is 9.53 Å². The highest BCUT2D eigenvalue weighted by molar-refractivity contribution is 5.87. The second kappa shape index (κ2) is 6.37. The molecule has 0 spiro atoms. The van der Waals surface area contributed by atoms with Gasteiger partial charge in [0.1, 0.15) is 0 Å². The highest BCUT2D eigenvalue weighted by Gasteiger charge is 2.29. The predicted molar refractivity (Wildman–Crippen MR) is 72.3 cm³/mol. The molecule has 0 bridgehead atoms. The fourth-order valence-electron chi connectivity index (χ4n) is 3.10. The third-order valence-corrected chi connectivity index (χ3v) is 4.31. The van der Waals surface area contributed by atoms with Gasteiger partial charge in [0, 0.05) is 19.2 Å². The molecule has 2 aliphatic rings. The van der Waals surface area contributed by atoms with E-state index in [1.807, 2.05) is 4.90 Å². The monoisotopic (exact) mass is 251 g/mol. The fourth-order valence-corrected chi connectivity index (χ4v) is 3.10. The molecule has 1 saturated carbocycles. The Morgan fingerprint density at radius 2 is 2.06 bits per heavy atom. The number of amides is 1. The average molecular weight is 251 g/mol. The number of hydrogen-bond acceptors (Lipinski definition) is 2. The first-order valence-electron chi connectivity index (χ1n) is 7.25. The maximum Gasteiger partial charge on any atom is 0.246 e. The minimum atomic E-state index is 0.0741. The Kier molecular flexibility index (Phi) is 4.81. The van der Waals surface area contributed by atoms with Crippen LogP contribution in [0.15, 0.2) is 12.7 Å². The molecule has 102 valence electrons. The van der Waals surface area contributed by atoms with Gasteiger partial charge >= 0.3 is 0 Å². The first-order valence-corrected chi connectivity index (χ1v) is 7.25. The van der Waals surface area contributed by atoms with Crippen LogP contribution in [0.25, 0.3) is 0 Å². The number of nitrogens with zero attached hydrogens (tertiary/aromatic N) is 1. The van der Waals surface area contributed by atoms with Gasteiger partial charge in [-0.25, -0.2) is 0 Å². The van der Waals surface area contributed by atoms with Gasteiger partial charge in [0.05, 0.1) is 6.10 Å². The summed E-state index contributed by atoms with van der Waals surface area (Å²) in [6.07, 6.45) is 8.64. The van der Waals surface area contributed by atoms with Gasteiger partial charge in [0.2, 0.25) is 5.91 Å². The van der Waals surface area contributed by atoms with E-state index < -0.39 is 0 Å². The lowest BCUT2D eigenvalue weighted by molar-refractivity contribution is -0.131. The smallest absolute Gasteiger partial charge is 0.246 e. The van der Waals surface area contributed by atoms with Crippen molar-refractivity contribution in [2.75, 3.05) is 13.2 Å². The molecule has 1 saturated heterocycles. The Morgan fingerprint density at radius 1 is 1.33 bits per heavy atom. The molecule has 0 unspecified atom stereocenters. The summed E-state index contributed by atoms with van der Waals surface area (Å²) in [5.41, 5.74) is 0. The fraction of sp³-hybridized carbons (Fsp3) is 0.800. The van der Waals surface area contributed by atoms with E-state index in [1.54, 1.807) is 0 Å². The second-order valence-electron chi connectivity index (χ2n) is 5.74. The maximum atomic E-state index is 12.0. The Balaban J connectivity index is 1.95. The van der Waals surface area contributed by atoms with Gasteiger partial charge in [-0.05, 0) is 50.5 Å². The van der Waals surface area contributed by atoms with Crippen molar-refractivity contribution in [1.29, 1.82) is 0 Å². The highest BCUT2D eigenvalue weighted by Crippen LogP contribution is 2.28. The summed E-state index contributed by atoms with van der Waals surface area (Å²) in [4.78, 5) is 14.0. The van der Waals surface area contributed by atoms with E-state index in [-0.39, 0.29) is 12.0 Å². The van der Waals surface area contributed by atoms with Crippen molar-refractivity contribution in [3.8, 4) is 0 Å². The standard InChI is InChI=1S/C15H25NO2/c1-3-15(17)16(11-14-5-4-10-18-14)13-8-6-12(2)7-9-13/h3,12-14H,1,4-11H2,2H3/t12?,13?,14-/m1/s1. The minimum absolute atomic E-state index is 0.0741. The zero-order chi connectivity index (χ0) is 13.0. The molecule has 0 aromatic heterocycles. The third kappa shape index (κ3) is 3.35. The Labute approximate surface area is 110 Å². The molecule has 18 heavy (non-hydrogen) atoms. The van der Waals surface area contributed by atoms with Crippen LogP contribution in [0.2, 0.25) is 0 Å². The molecule has 2 fully saturated rings. The Morgan fingerprint density at radius 3 is 2.61 bits per heavy atom. The molecular formula is C15H25NO2. The van der Waals surface area contributed by atoms with Crippen molar-refractivity contribution in [3.05, 3.63) is 12.7 Å². The molecule has 0 radical (unpaired) electrons. The molecule has 1 aliphatic carbocycles. The van der Waals surface area contributed by atoms with Gasteiger partial charge in [-0.3, -0.25) is 4.79 Å². The second-order valence-corrected chi connectivity index (χ2v) is 5.74. The summed E-state index contributed by atoms with van der Waals surface area (Å²) >= 11 is 0. The third-order valence-electron chi connectivity index (χ3n) is 4.31. The highest BCUT2D eigenvalue weighted by atomic mass is 16.5. The van der Waals surface area contributed by atoms with Crippen molar-refractivity contribution in [2.45, 2.75) is 57.6 Å². The number of ether oxygens (including phenoxy) is 1. The average Bonchev–Trinajstić information content (AvgIpc) is 2.89. The lowest BCUT2D eigenvalue weighted by Gasteiger charge is -2.36. The molecule has 0 aromatic rings. The van der Waals surface area contributed by atoms with E-state index >= 15 is 0 Å². The largest absolute Gasteiger partial charge is 0.376 e. The summed E-state index contributed by atoms with van der Waals surface area (Å²) in [6, 6.07) is 0.399. The molecule has 1 aliphatic heterocycles. The van der Waals surface area contributed by atoms with Gasteiger partial charge in [-0.15, -0.1) is 0 Å². The van der Waals surface area contributed by atoms with Crippen LogP contribution in [0.4, 0.5) is 0 Å². The molecule has 1 amide bonds. The van der Waals surface area contributed by atoms with Crippen molar-refractivity contribution < 1.29 is 9.53 Å². The van der Waals surface area contributed by atoms with Crippen LogP contribution in [0.3, 0.4) is 0 Å².